The molecule has 0 amide bonds. The van der Waals surface area contributed by atoms with Crippen molar-refractivity contribution in [3.63, 3.8) is 0 Å². The van der Waals surface area contributed by atoms with E-state index in [1.54, 1.807) is 4.57 Å². The summed E-state index contributed by atoms with van der Waals surface area (Å²) in [5.74, 6) is -1.12. The fourth-order valence-electron chi connectivity index (χ4n) is 4.37. The Morgan fingerprint density at radius 3 is 2.77 bits per heavy atom. The lowest BCUT2D eigenvalue weighted by atomic mass is 10.0. The first-order chi connectivity index (χ1) is 16.9. The number of hydrogen-bond donors (Lipinski definition) is 2. The van der Waals surface area contributed by atoms with E-state index in [2.05, 4.69) is 21.5 Å². The Hall–Kier alpha value is -3.95. The topological polar surface area (TPSA) is 142 Å². The number of esters is 2. The van der Waals surface area contributed by atoms with Gasteiger partial charge in [-0.15, -0.1) is 0 Å². The number of carbonyl (C=O) groups is 2. The standard InChI is InChI=1S/C25H29N5O5/c1-3-4-10-20(31)35-19-12-18(30-14-27-22-23(30)28-25(26)29-24(22)33)15(2)17(19)13-34-21(32)11-16-8-6-5-7-9-16/h5-9,14,17-19H,2-4,10-13H2,1H3,(H3,26,28,29,33)/t17-,18-,19-/m0/s1. The Labute approximate surface area is 202 Å². The number of nitrogens with two attached hydrogens (primary N) is 1. The summed E-state index contributed by atoms with van der Waals surface area (Å²) in [6, 6.07) is 8.95. The molecule has 3 atom stereocenters. The van der Waals surface area contributed by atoms with Gasteiger partial charge in [0.25, 0.3) is 5.56 Å². The molecule has 1 aliphatic rings. The number of aromatic amines is 1. The monoisotopic (exact) mass is 479 g/mol. The van der Waals surface area contributed by atoms with Crippen LogP contribution in [0.5, 0.6) is 0 Å². The van der Waals surface area contributed by atoms with Crippen LogP contribution in [-0.2, 0) is 25.5 Å². The molecule has 1 aromatic carbocycles. The fourth-order valence-corrected chi connectivity index (χ4v) is 4.37. The van der Waals surface area contributed by atoms with Gasteiger partial charge < -0.3 is 19.8 Å². The van der Waals surface area contributed by atoms with Crippen LogP contribution in [0.3, 0.4) is 0 Å². The highest BCUT2D eigenvalue weighted by atomic mass is 16.6. The third kappa shape index (κ3) is 5.42. The first-order valence-corrected chi connectivity index (χ1v) is 11.7. The summed E-state index contributed by atoms with van der Waals surface area (Å²) in [5.41, 5.74) is 7.32. The summed E-state index contributed by atoms with van der Waals surface area (Å²) in [6.45, 7) is 6.25. The first kappa shape index (κ1) is 24.2. The lowest BCUT2D eigenvalue weighted by molar-refractivity contribution is -0.153. The molecular formula is C25H29N5O5. The molecule has 0 spiro atoms. The highest BCUT2D eigenvalue weighted by Gasteiger charge is 2.42. The van der Waals surface area contributed by atoms with Crippen molar-refractivity contribution in [2.24, 2.45) is 5.92 Å². The number of unbranched alkanes of at least 4 members (excludes halogenated alkanes) is 1. The molecule has 0 saturated heterocycles. The average Bonchev–Trinajstić information content (AvgIpc) is 3.37. The number of H-pyrrole nitrogens is 1. The van der Waals surface area contributed by atoms with Gasteiger partial charge in [-0.1, -0.05) is 50.3 Å². The first-order valence-electron chi connectivity index (χ1n) is 11.7. The van der Waals surface area contributed by atoms with Gasteiger partial charge >= 0.3 is 11.9 Å². The van der Waals surface area contributed by atoms with Crippen LogP contribution in [0.15, 0.2) is 53.6 Å². The molecule has 3 aromatic rings. The molecule has 4 rings (SSSR count). The van der Waals surface area contributed by atoms with E-state index < -0.39 is 17.6 Å². The maximum absolute atomic E-state index is 12.5. The minimum atomic E-state index is -0.543. The summed E-state index contributed by atoms with van der Waals surface area (Å²) in [4.78, 5) is 48.0. The molecule has 1 saturated carbocycles. The van der Waals surface area contributed by atoms with Crippen LogP contribution in [0.2, 0.25) is 0 Å². The second kappa shape index (κ2) is 10.5. The molecule has 1 aliphatic carbocycles. The number of carbonyl (C=O) groups excluding carboxylic acids is 2. The van der Waals surface area contributed by atoms with Crippen molar-refractivity contribution in [2.45, 2.75) is 51.2 Å². The van der Waals surface area contributed by atoms with Gasteiger partial charge in [0, 0.05) is 12.8 Å². The fraction of sp³-hybridized carbons (Fsp3) is 0.400. The van der Waals surface area contributed by atoms with Crippen molar-refractivity contribution in [1.82, 2.24) is 19.5 Å². The number of benzene rings is 1. The Morgan fingerprint density at radius 1 is 1.26 bits per heavy atom. The van der Waals surface area contributed by atoms with Crippen molar-refractivity contribution in [3.8, 4) is 0 Å². The zero-order chi connectivity index (χ0) is 24.9. The van der Waals surface area contributed by atoms with Crippen LogP contribution in [0.1, 0.15) is 44.2 Å². The second-order valence-corrected chi connectivity index (χ2v) is 8.69. The van der Waals surface area contributed by atoms with E-state index in [-0.39, 0.29) is 42.5 Å². The third-order valence-corrected chi connectivity index (χ3v) is 6.23. The lowest BCUT2D eigenvalue weighted by Gasteiger charge is -2.20. The molecule has 10 heteroatoms. The summed E-state index contributed by atoms with van der Waals surface area (Å²) < 4.78 is 13.1. The maximum atomic E-state index is 12.5. The average molecular weight is 480 g/mol. The van der Waals surface area contributed by atoms with Gasteiger partial charge in [-0.25, -0.2) is 4.98 Å². The minimum Gasteiger partial charge on any atom is -0.465 e. The van der Waals surface area contributed by atoms with Gasteiger partial charge in [-0.2, -0.15) is 4.98 Å². The van der Waals surface area contributed by atoms with Crippen molar-refractivity contribution in [3.05, 3.63) is 64.7 Å². The van der Waals surface area contributed by atoms with E-state index in [9.17, 15) is 14.4 Å². The molecule has 0 radical (unpaired) electrons. The Balaban J connectivity index is 1.54. The number of imidazole rings is 1. The zero-order valence-corrected chi connectivity index (χ0v) is 19.6. The van der Waals surface area contributed by atoms with Crippen LogP contribution in [0, 0.1) is 5.92 Å². The Bertz CT molecular complexity index is 1280. The van der Waals surface area contributed by atoms with Crippen molar-refractivity contribution >= 4 is 29.1 Å². The van der Waals surface area contributed by atoms with E-state index in [4.69, 9.17) is 15.2 Å². The number of rotatable bonds is 9. The van der Waals surface area contributed by atoms with Crippen molar-refractivity contribution < 1.29 is 19.1 Å². The maximum Gasteiger partial charge on any atom is 0.310 e. The van der Waals surface area contributed by atoms with E-state index in [1.165, 1.54) is 6.33 Å². The van der Waals surface area contributed by atoms with Crippen LogP contribution < -0.4 is 11.3 Å². The molecule has 3 N–H and O–H groups in total. The number of fused-ring (bicyclic) bond motifs is 1. The molecule has 0 aliphatic heterocycles. The van der Waals surface area contributed by atoms with Crippen LogP contribution in [0.4, 0.5) is 5.95 Å². The number of nitrogen functional groups attached to an aromatic ring is 1. The van der Waals surface area contributed by atoms with Gasteiger partial charge in [0.05, 0.1) is 24.7 Å². The molecule has 1 fully saturated rings. The van der Waals surface area contributed by atoms with E-state index >= 15 is 0 Å². The smallest absolute Gasteiger partial charge is 0.310 e. The highest BCUT2D eigenvalue weighted by molar-refractivity contribution is 5.73. The SMILES string of the molecule is C=C1[C@H](COC(=O)Cc2ccccc2)[C@@H](OC(=O)CCCC)C[C@@H]1n1cnc2c(=O)[nH]c(N)nc21. The number of ether oxygens (including phenoxy) is 2. The molecule has 0 bridgehead atoms. The second-order valence-electron chi connectivity index (χ2n) is 8.69. The van der Waals surface area contributed by atoms with E-state index in [0.29, 0.717) is 24.1 Å². The van der Waals surface area contributed by atoms with Crippen LogP contribution in [-0.4, -0.2) is 44.2 Å². The van der Waals surface area contributed by atoms with Gasteiger partial charge in [-0.05, 0) is 17.6 Å². The van der Waals surface area contributed by atoms with Crippen LogP contribution >= 0.6 is 0 Å². The predicted molar refractivity (Wildman–Crippen MR) is 129 cm³/mol. The summed E-state index contributed by atoms with van der Waals surface area (Å²) in [5, 5.41) is 0. The normalized spacial score (nSPS) is 19.7. The molecule has 2 heterocycles. The number of aromatic nitrogens is 4. The third-order valence-electron chi connectivity index (χ3n) is 6.23. The lowest BCUT2D eigenvalue weighted by Crippen LogP contribution is -2.27. The zero-order valence-electron chi connectivity index (χ0n) is 19.6. The Kier molecular flexibility index (Phi) is 7.28. The van der Waals surface area contributed by atoms with Gasteiger partial charge in [0.2, 0.25) is 5.95 Å². The largest absolute Gasteiger partial charge is 0.465 e. The molecule has 0 unspecified atom stereocenters. The molecule has 35 heavy (non-hydrogen) atoms. The van der Waals surface area contributed by atoms with Crippen molar-refractivity contribution in [2.75, 3.05) is 12.3 Å². The quantitative estimate of drug-likeness (QED) is 0.352. The summed E-state index contributed by atoms with van der Waals surface area (Å²) >= 11 is 0. The number of hydrogen-bond acceptors (Lipinski definition) is 8. The van der Waals surface area contributed by atoms with Crippen LogP contribution in [0.25, 0.3) is 11.2 Å². The van der Waals surface area contributed by atoms with E-state index in [0.717, 1.165) is 18.4 Å². The molecule has 10 nitrogen and oxygen atoms in total. The highest BCUT2D eigenvalue weighted by Crippen LogP contribution is 2.42. The molecular weight excluding hydrogens is 450 g/mol. The summed E-state index contributed by atoms with van der Waals surface area (Å²) in [6.07, 6.45) is 3.40. The van der Waals surface area contributed by atoms with Crippen molar-refractivity contribution in [1.29, 1.82) is 0 Å². The molecule has 184 valence electrons. The van der Waals surface area contributed by atoms with Gasteiger partial charge in [0.15, 0.2) is 11.2 Å². The number of nitrogens with zero attached hydrogens (tertiary/aromatic N) is 3. The Morgan fingerprint density at radius 2 is 2.03 bits per heavy atom. The predicted octanol–water partition coefficient (Wildman–Crippen LogP) is 2.71. The summed E-state index contributed by atoms with van der Waals surface area (Å²) in [7, 11) is 0. The van der Waals surface area contributed by atoms with E-state index in [1.807, 2.05) is 37.3 Å². The minimum absolute atomic E-state index is 0.0233. The van der Waals surface area contributed by atoms with Gasteiger partial charge in [-0.3, -0.25) is 19.4 Å². The number of anilines is 1. The van der Waals surface area contributed by atoms with Gasteiger partial charge in [0.1, 0.15) is 12.7 Å². The number of nitrogens with one attached hydrogen (secondary N) is 1. The molecule has 2 aromatic heterocycles.